The molecule has 9 heteroatoms. The Morgan fingerprint density at radius 1 is 1.19 bits per heavy atom. The van der Waals surface area contributed by atoms with Crippen LogP contribution >= 0.6 is 0 Å². The van der Waals surface area contributed by atoms with Gasteiger partial charge in [-0.1, -0.05) is 17.7 Å². The number of hydrogen-bond acceptors (Lipinski definition) is 8. The van der Waals surface area contributed by atoms with Gasteiger partial charge in [0, 0.05) is 6.92 Å². The Labute approximate surface area is 152 Å². The SMILES string of the molecule is CC(=O)O[C@@H]1[C@H]2OC(C)(C)O[C@H]2O[C@@H]1COS(=O)(=O)c1ccc(C)cc1. The molecule has 8 nitrogen and oxygen atoms in total. The van der Waals surface area contributed by atoms with E-state index < -0.39 is 46.5 Å². The molecule has 4 atom stereocenters. The van der Waals surface area contributed by atoms with Crippen LogP contribution in [0.25, 0.3) is 0 Å². The highest BCUT2D eigenvalue weighted by molar-refractivity contribution is 7.86. The molecule has 2 saturated heterocycles. The van der Waals surface area contributed by atoms with Gasteiger partial charge in [-0.15, -0.1) is 0 Å². The zero-order valence-corrected chi connectivity index (χ0v) is 15.8. The Hall–Kier alpha value is -1.52. The standard InChI is InChI=1S/C17H22O8S/c1-10-5-7-12(8-6-10)26(19,20)21-9-13-14(22-11(2)18)15-16(23-13)25-17(3,4)24-15/h5-8,13-16H,9H2,1-4H3/t13-,14+,15-,16-/m1/s1. The number of fused-ring (bicyclic) bond motifs is 1. The Kier molecular flexibility index (Phi) is 5.11. The van der Waals surface area contributed by atoms with Crippen molar-refractivity contribution in [2.75, 3.05) is 6.61 Å². The molecule has 2 aliphatic rings. The smallest absolute Gasteiger partial charge is 0.303 e. The number of rotatable bonds is 5. The number of ether oxygens (including phenoxy) is 4. The van der Waals surface area contributed by atoms with Crippen molar-refractivity contribution in [1.29, 1.82) is 0 Å². The molecule has 2 heterocycles. The van der Waals surface area contributed by atoms with Crippen molar-refractivity contribution in [2.24, 2.45) is 0 Å². The van der Waals surface area contributed by atoms with Gasteiger partial charge in [0.25, 0.3) is 10.1 Å². The molecule has 0 spiro atoms. The molecular weight excluding hydrogens is 364 g/mol. The Balaban J connectivity index is 1.70. The van der Waals surface area contributed by atoms with Crippen molar-refractivity contribution in [3.63, 3.8) is 0 Å². The molecule has 0 amide bonds. The van der Waals surface area contributed by atoms with Gasteiger partial charge >= 0.3 is 5.97 Å². The summed E-state index contributed by atoms with van der Waals surface area (Å²) >= 11 is 0. The van der Waals surface area contributed by atoms with Crippen LogP contribution in [0.3, 0.4) is 0 Å². The van der Waals surface area contributed by atoms with Crippen molar-refractivity contribution < 1.29 is 36.3 Å². The van der Waals surface area contributed by atoms with Crippen molar-refractivity contribution in [3.05, 3.63) is 29.8 Å². The summed E-state index contributed by atoms with van der Waals surface area (Å²) in [7, 11) is -3.97. The third kappa shape index (κ3) is 4.07. The molecule has 26 heavy (non-hydrogen) atoms. The van der Waals surface area contributed by atoms with Gasteiger partial charge in [0.1, 0.15) is 6.10 Å². The van der Waals surface area contributed by atoms with Crippen molar-refractivity contribution in [1.82, 2.24) is 0 Å². The van der Waals surface area contributed by atoms with Crippen LogP contribution in [0.15, 0.2) is 29.2 Å². The summed E-state index contributed by atoms with van der Waals surface area (Å²) in [5, 5.41) is 0. The Bertz CT molecular complexity index is 770. The van der Waals surface area contributed by atoms with Crippen LogP contribution < -0.4 is 0 Å². The summed E-state index contributed by atoms with van der Waals surface area (Å²) in [6, 6.07) is 6.29. The zero-order valence-electron chi connectivity index (χ0n) is 15.0. The molecule has 0 saturated carbocycles. The summed E-state index contributed by atoms with van der Waals surface area (Å²) in [5.41, 5.74) is 0.933. The predicted octanol–water partition coefficient (Wildman–Crippen LogP) is 1.51. The van der Waals surface area contributed by atoms with E-state index in [0.717, 1.165) is 5.56 Å². The minimum absolute atomic E-state index is 0.0407. The van der Waals surface area contributed by atoms with Gasteiger partial charge < -0.3 is 18.9 Å². The fourth-order valence-corrected chi connectivity index (χ4v) is 3.86. The topological polar surface area (TPSA) is 97.4 Å². The van der Waals surface area contributed by atoms with Gasteiger partial charge in [-0.2, -0.15) is 8.42 Å². The zero-order chi connectivity index (χ0) is 19.1. The maximum atomic E-state index is 12.3. The van der Waals surface area contributed by atoms with Crippen LogP contribution in [-0.4, -0.2) is 51.4 Å². The summed E-state index contributed by atoms with van der Waals surface area (Å²) in [4.78, 5) is 11.5. The van der Waals surface area contributed by atoms with Crippen molar-refractivity contribution in [3.8, 4) is 0 Å². The number of aryl methyl sites for hydroxylation is 1. The van der Waals surface area contributed by atoms with Crippen LogP contribution in [0.4, 0.5) is 0 Å². The second-order valence-electron chi connectivity index (χ2n) is 6.77. The lowest BCUT2D eigenvalue weighted by molar-refractivity contribution is -0.221. The van der Waals surface area contributed by atoms with E-state index in [1.807, 2.05) is 6.92 Å². The number of benzene rings is 1. The molecule has 0 radical (unpaired) electrons. The highest BCUT2D eigenvalue weighted by Gasteiger charge is 2.56. The van der Waals surface area contributed by atoms with E-state index in [-0.39, 0.29) is 11.5 Å². The van der Waals surface area contributed by atoms with Gasteiger partial charge in [0.05, 0.1) is 11.5 Å². The van der Waals surface area contributed by atoms with Crippen LogP contribution in [0.2, 0.25) is 0 Å². The van der Waals surface area contributed by atoms with Crippen LogP contribution in [-0.2, 0) is 38.0 Å². The van der Waals surface area contributed by atoms with Crippen LogP contribution in [0.1, 0.15) is 26.3 Å². The van der Waals surface area contributed by atoms with E-state index >= 15 is 0 Å². The average Bonchev–Trinajstić information content (AvgIpc) is 2.98. The number of carbonyl (C=O) groups is 1. The third-order valence-electron chi connectivity index (χ3n) is 4.09. The van der Waals surface area contributed by atoms with Gasteiger partial charge in [0.2, 0.25) is 0 Å². The molecule has 0 unspecified atom stereocenters. The van der Waals surface area contributed by atoms with E-state index in [1.165, 1.54) is 19.1 Å². The van der Waals surface area contributed by atoms with E-state index in [2.05, 4.69) is 0 Å². The monoisotopic (exact) mass is 386 g/mol. The van der Waals surface area contributed by atoms with Gasteiger partial charge in [-0.25, -0.2) is 0 Å². The largest absolute Gasteiger partial charge is 0.457 e. The quantitative estimate of drug-likeness (QED) is 0.555. The molecule has 0 aliphatic carbocycles. The molecule has 2 aliphatic heterocycles. The van der Waals surface area contributed by atoms with Gasteiger partial charge in [-0.3, -0.25) is 8.98 Å². The number of esters is 1. The highest BCUT2D eigenvalue weighted by atomic mass is 32.2. The molecule has 144 valence electrons. The minimum Gasteiger partial charge on any atom is -0.457 e. The third-order valence-corrected chi connectivity index (χ3v) is 5.38. The first kappa shape index (κ1) is 19.2. The highest BCUT2D eigenvalue weighted by Crippen LogP contribution is 2.39. The molecule has 1 aromatic carbocycles. The second kappa shape index (κ2) is 6.90. The summed E-state index contributed by atoms with van der Waals surface area (Å²) in [6.07, 6.45) is -3.06. The van der Waals surface area contributed by atoms with Gasteiger partial charge in [0.15, 0.2) is 24.3 Å². The maximum Gasteiger partial charge on any atom is 0.303 e. The number of hydrogen-bond donors (Lipinski definition) is 0. The molecule has 2 fully saturated rings. The van der Waals surface area contributed by atoms with Crippen molar-refractivity contribution >= 4 is 16.1 Å². The average molecular weight is 386 g/mol. The van der Waals surface area contributed by atoms with E-state index in [1.54, 1.807) is 26.0 Å². The lowest BCUT2D eigenvalue weighted by Gasteiger charge is -2.25. The van der Waals surface area contributed by atoms with Crippen LogP contribution in [0, 0.1) is 6.92 Å². The fourth-order valence-electron chi connectivity index (χ4n) is 2.94. The number of carbonyl (C=O) groups excluding carboxylic acids is 1. The fraction of sp³-hybridized carbons (Fsp3) is 0.588. The minimum atomic E-state index is -3.97. The van der Waals surface area contributed by atoms with Crippen molar-refractivity contribution in [2.45, 2.75) is 63.0 Å². The first-order valence-electron chi connectivity index (χ1n) is 8.22. The lowest BCUT2D eigenvalue weighted by Crippen LogP contribution is -2.40. The molecular formula is C17H22O8S. The first-order chi connectivity index (χ1) is 12.1. The molecule has 1 aromatic rings. The first-order valence-corrected chi connectivity index (χ1v) is 9.63. The van der Waals surface area contributed by atoms with E-state index in [9.17, 15) is 13.2 Å². The van der Waals surface area contributed by atoms with Gasteiger partial charge in [-0.05, 0) is 32.9 Å². The van der Waals surface area contributed by atoms with E-state index in [4.69, 9.17) is 23.1 Å². The molecule has 3 rings (SSSR count). The normalized spacial score (nSPS) is 30.2. The maximum absolute atomic E-state index is 12.3. The molecule has 0 N–H and O–H groups in total. The Morgan fingerprint density at radius 3 is 2.46 bits per heavy atom. The summed E-state index contributed by atoms with van der Waals surface area (Å²) in [6.45, 7) is 6.22. The summed E-state index contributed by atoms with van der Waals surface area (Å²) in [5.74, 6) is -1.41. The van der Waals surface area contributed by atoms with Crippen LogP contribution in [0.5, 0.6) is 0 Å². The Morgan fingerprint density at radius 2 is 1.85 bits per heavy atom. The lowest BCUT2D eigenvalue weighted by atomic mass is 10.1. The second-order valence-corrected chi connectivity index (χ2v) is 8.38. The molecule has 0 aromatic heterocycles. The summed E-state index contributed by atoms with van der Waals surface area (Å²) < 4.78 is 52.0. The van der Waals surface area contributed by atoms with E-state index in [0.29, 0.717) is 0 Å². The molecule has 0 bridgehead atoms. The predicted molar refractivity (Wildman–Crippen MR) is 88.6 cm³/mol.